The van der Waals surface area contributed by atoms with Crippen LogP contribution >= 0.6 is 11.3 Å². The van der Waals surface area contributed by atoms with E-state index in [1.807, 2.05) is 23.7 Å². The van der Waals surface area contributed by atoms with Crippen LogP contribution in [-0.2, 0) is 7.05 Å². The highest BCUT2D eigenvalue weighted by molar-refractivity contribution is 7.16. The summed E-state index contributed by atoms with van der Waals surface area (Å²) >= 11 is 1.49. The number of benzene rings is 3. The number of para-hydroxylation sites is 1. The molecule has 0 bridgehead atoms. The van der Waals surface area contributed by atoms with Crippen LogP contribution in [0.5, 0.6) is 11.5 Å². The van der Waals surface area contributed by atoms with Crippen molar-refractivity contribution in [3.8, 4) is 11.5 Å². The molecule has 4 rings (SSSR count). The molecule has 0 saturated heterocycles. The lowest BCUT2D eigenvalue weighted by molar-refractivity contribution is 0.0994. The Morgan fingerprint density at radius 3 is 2.59 bits per heavy atom. The van der Waals surface area contributed by atoms with E-state index in [0.717, 1.165) is 21.0 Å². The molecule has 5 nitrogen and oxygen atoms in total. The summed E-state index contributed by atoms with van der Waals surface area (Å²) in [6.45, 7) is 0. The molecule has 0 atom stereocenters. The summed E-state index contributed by atoms with van der Waals surface area (Å²) in [4.78, 5) is 17.8. The monoisotopic (exact) mass is 378 g/mol. The number of amides is 1. The molecule has 6 heteroatoms. The molecule has 3 aromatic carbocycles. The molecule has 0 fully saturated rings. The number of methoxy groups -OCH3 is 2. The Bertz CT molecular complexity index is 1240. The molecular formula is C21H18N2O3S. The number of nitrogens with zero attached hydrogens (tertiary/aromatic N) is 2. The van der Waals surface area contributed by atoms with Crippen LogP contribution in [0.2, 0.25) is 0 Å². The average molecular weight is 378 g/mol. The van der Waals surface area contributed by atoms with Crippen LogP contribution in [0, 0.1) is 0 Å². The van der Waals surface area contributed by atoms with E-state index in [4.69, 9.17) is 9.47 Å². The number of thiazole rings is 1. The first-order valence-corrected chi connectivity index (χ1v) is 9.23. The molecule has 1 heterocycles. The van der Waals surface area contributed by atoms with Crippen LogP contribution < -0.4 is 14.3 Å². The normalized spacial score (nSPS) is 11.9. The fourth-order valence-corrected chi connectivity index (χ4v) is 4.26. The van der Waals surface area contributed by atoms with Crippen molar-refractivity contribution < 1.29 is 14.3 Å². The third-order valence-electron chi connectivity index (χ3n) is 4.52. The number of hydrogen-bond donors (Lipinski definition) is 0. The zero-order chi connectivity index (χ0) is 19.0. The van der Waals surface area contributed by atoms with Crippen molar-refractivity contribution in [2.45, 2.75) is 0 Å². The van der Waals surface area contributed by atoms with Crippen LogP contribution in [0.1, 0.15) is 10.4 Å². The largest absolute Gasteiger partial charge is 0.493 e. The number of aryl methyl sites for hydroxylation is 1. The van der Waals surface area contributed by atoms with E-state index < -0.39 is 0 Å². The van der Waals surface area contributed by atoms with Crippen molar-refractivity contribution in [3.63, 3.8) is 0 Å². The van der Waals surface area contributed by atoms with E-state index in [0.29, 0.717) is 21.9 Å². The van der Waals surface area contributed by atoms with Gasteiger partial charge in [0.1, 0.15) is 0 Å². The van der Waals surface area contributed by atoms with E-state index >= 15 is 0 Å². The lowest BCUT2D eigenvalue weighted by Gasteiger charge is -2.09. The number of carbonyl (C=O) groups is 1. The molecule has 0 spiro atoms. The first-order valence-electron chi connectivity index (χ1n) is 8.41. The first-order chi connectivity index (χ1) is 13.1. The summed E-state index contributed by atoms with van der Waals surface area (Å²) in [7, 11) is 4.99. The lowest BCUT2D eigenvalue weighted by Crippen LogP contribution is -2.14. The van der Waals surface area contributed by atoms with Crippen LogP contribution in [0.25, 0.3) is 21.0 Å². The van der Waals surface area contributed by atoms with Gasteiger partial charge in [0.15, 0.2) is 16.3 Å². The molecule has 1 aromatic heterocycles. The smallest absolute Gasteiger partial charge is 0.283 e. The maximum Gasteiger partial charge on any atom is 0.283 e. The van der Waals surface area contributed by atoms with Gasteiger partial charge in [-0.1, -0.05) is 47.7 Å². The van der Waals surface area contributed by atoms with Gasteiger partial charge >= 0.3 is 0 Å². The van der Waals surface area contributed by atoms with Gasteiger partial charge in [0.25, 0.3) is 5.91 Å². The molecule has 0 aliphatic heterocycles. The number of fused-ring (bicyclic) bond motifs is 3. The quantitative estimate of drug-likeness (QED) is 0.538. The highest BCUT2D eigenvalue weighted by Gasteiger charge is 2.16. The molecule has 0 unspecified atom stereocenters. The van der Waals surface area contributed by atoms with Gasteiger partial charge in [-0.2, -0.15) is 4.99 Å². The predicted molar refractivity (Wildman–Crippen MR) is 108 cm³/mol. The summed E-state index contributed by atoms with van der Waals surface area (Å²) < 4.78 is 13.7. The van der Waals surface area contributed by atoms with Crippen molar-refractivity contribution in [2.75, 3.05) is 14.2 Å². The second-order valence-corrected chi connectivity index (χ2v) is 7.04. The summed E-state index contributed by atoms with van der Waals surface area (Å²) in [5.74, 6) is 0.533. The Kier molecular flexibility index (Phi) is 4.41. The molecule has 0 N–H and O–H groups in total. The third-order valence-corrected chi connectivity index (χ3v) is 5.61. The van der Waals surface area contributed by atoms with Gasteiger partial charge in [0.2, 0.25) is 0 Å². The van der Waals surface area contributed by atoms with E-state index in [-0.39, 0.29) is 5.91 Å². The van der Waals surface area contributed by atoms with Crippen LogP contribution in [0.3, 0.4) is 0 Å². The summed E-state index contributed by atoms with van der Waals surface area (Å²) in [6.07, 6.45) is 0. The van der Waals surface area contributed by atoms with E-state index in [1.165, 1.54) is 18.4 Å². The van der Waals surface area contributed by atoms with Crippen LogP contribution in [0.15, 0.2) is 59.6 Å². The van der Waals surface area contributed by atoms with E-state index in [2.05, 4.69) is 29.3 Å². The Morgan fingerprint density at radius 2 is 1.81 bits per heavy atom. The molecular weight excluding hydrogens is 360 g/mol. The topological polar surface area (TPSA) is 52.8 Å². The number of carbonyl (C=O) groups excluding carboxylic acids is 1. The molecule has 4 aromatic rings. The summed E-state index contributed by atoms with van der Waals surface area (Å²) in [6, 6.07) is 17.5. The van der Waals surface area contributed by atoms with Gasteiger partial charge in [-0.25, -0.2) is 0 Å². The SMILES string of the molecule is COc1cccc(C(=O)N=c2sc3ccc4ccccc4c3n2C)c1OC. The third kappa shape index (κ3) is 2.88. The fourth-order valence-electron chi connectivity index (χ4n) is 3.23. The number of rotatable bonds is 3. The van der Waals surface area contributed by atoms with Gasteiger partial charge in [0, 0.05) is 12.4 Å². The standard InChI is InChI=1S/C21H18N2O3S/c1-23-18-14-8-5-4-7-13(14)11-12-17(18)27-21(23)22-20(24)15-9-6-10-16(25-2)19(15)26-3/h4-12H,1-3H3. The fraction of sp³-hybridized carbons (Fsp3) is 0.143. The van der Waals surface area contributed by atoms with Gasteiger partial charge in [-0.3, -0.25) is 4.79 Å². The zero-order valence-electron chi connectivity index (χ0n) is 15.2. The Morgan fingerprint density at radius 1 is 1.00 bits per heavy atom. The summed E-state index contributed by atoms with van der Waals surface area (Å²) in [5, 5.41) is 2.30. The first kappa shape index (κ1) is 17.3. The van der Waals surface area contributed by atoms with Crippen molar-refractivity contribution >= 4 is 38.2 Å². The van der Waals surface area contributed by atoms with Gasteiger partial charge in [0.05, 0.1) is 30.0 Å². The van der Waals surface area contributed by atoms with E-state index in [1.54, 1.807) is 25.3 Å². The molecule has 0 aliphatic carbocycles. The summed E-state index contributed by atoms with van der Waals surface area (Å²) in [5.41, 5.74) is 1.45. The minimum absolute atomic E-state index is 0.364. The Hall–Kier alpha value is -3.12. The number of hydrogen-bond acceptors (Lipinski definition) is 4. The van der Waals surface area contributed by atoms with Gasteiger partial charge in [-0.15, -0.1) is 0 Å². The van der Waals surface area contributed by atoms with E-state index in [9.17, 15) is 4.79 Å². The second kappa shape index (κ2) is 6.89. The van der Waals surface area contributed by atoms with Crippen molar-refractivity contribution in [2.24, 2.45) is 12.0 Å². The van der Waals surface area contributed by atoms with Crippen molar-refractivity contribution in [3.05, 3.63) is 65.0 Å². The molecule has 27 heavy (non-hydrogen) atoms. The second-order valence-electron chi connectivity index (χ2n) is 6.04. The lowest BCUT2D eigenvalue weighted by atomic mass is 10.1. The highest BCUT2D eigenvalue weighted by atomic mass is 32.1. The number of ether oxygens (including phenoxy) is 2. The Labute approximate surface area is 160 Å². The maximum atomic E-state index is 12.8. The predicted octanol–water partition coefficient (Wildman–Crippen LogP) is 4.15. The molecule has 0 radical (unpaired) electrons. The van der Waals surface area contributed by atoms with Crippen LogP contribution in [0.4, 0.5) is 0 Å². The van der Waals surface area contributed by atoms with Crippen molar-refractivity contribution in [1.82, 2.24) is 4.57 Å². The molecule has 0 saturated carbocycles. The van der Waals surface area contributed by atoms with Crippen LogP contribution in [-0.4, -0.2) is 24.7 Å². The minimum atomic E-state index is -0.364. The molecule has 136 valence electrons. The molecule has 0 aliphatic rings. The Balaban J connectivity index is 1.90. The van der Waals surface area contributed by atoms with Crippen molar-refractivity contribution in [1.29, 1.82) is 0 Å². The highest BCUT2D eigenvalue weighted by Crippen LogP contribution is 2.31. The zero-order valence-corrected chi connectivity index (χ0v) is 16.0. The molecule has 1 amide bonds. The van der Waals surface area contributed by atoms with Gasteiger partial charge in [-0.05, 0) is 23.6 Å². The maximum absolute atomic E-state index is 12.8. The van der Waals surface area contributed by atoms with Gasteiger partial charge < -0.3 is 14.0 Å². The minimum Gasteiger partial charge on any atom is -0.493 e. The average Bonchev–Trinajstić information content (AvgIpc) is 3.03. The number of aromatic nitrogens is 1.